The highest BCUT2D eigenvalue weighted by Gasteiger charge is 2.09. The Morgan fingerprint density at radius 3 is 2.32 bits per heavy atom. The topological polar surface area (TPSA) is 31.4 Å². The predicted octanol–water partition coefficient (Wildman–Crippen LogP) is 5.08. The number of ether oxygens (including phenoxy) is 2. The summed E-state index contributed by atoms with van der Waals surface area (Å²) >= 11 is 0. The maximum Gasteiger partial charge on any atom is 0.161 e. The lowest BCUT2D eigenvalue weighted by atomic mass is 10.1. The van der Waals surface area contributed by atoms with Gasteiger partial charge in [0, 0.05) is 11.8 Å². The van der Waals surface area contributed by atoms with E-state index in [2.05, 4.69) is 36.2 Å². The van der Waals surface area contributed by atoms with E-state index < -0.39 is 0 Å². The van der Waals surface area contributed by atoms with Crippen LogP contribution in [0, 0.1) is 6.92 Å². The number of fused-ring (bicyclic) bond motifs is 1. The van der Waals surface area contributed by atoms with E-state index in [0.717, 1.165) is 23.6 Å². The molecule has 0 amide bonds. The van der Waals surface area contributed by atoms with Gasteiger partial charge in [-0.3, -0.25) is 4.98 Å². The summed E-state index contributed by atoms with van der Waals surface area (Å²) < 4.78 is 10.7. The van der Waals surface area contributed by atoms with Gasteiger partial charge < -0.3 is 9.47 Å². The lowest BCUT2D eigenvalue weighted by molar-refractivity contribution is 0.171. The van der Waals surface area contributed by atoms with Crippen molar-refractivity contribution >= 4 is 0 Å². The van der Waals surface area contributed by atoms with Gasteiger partial charge in [0.1, 0.15) is 13.2 Å². The molecule has 0 saturated carbocycles. The van der Waals surface area contributed by atoms with Gasteiger partial charge in [-0.1, -0.05) is 43.3 Å². The van der Waals surface area contributed by atoms with Gasteiger partial charge in [-0.05, 0) is 48.7 Å². The fourth-order valence-electron chi connectivity index (χ4n) is 2.60. The molecule has 0 spiro atoms. The molecule has 3 heteroatoms. The third-order valence-electron chi connectivity index (χ3n) is 4.02. The number of benzene rings is 2. The van der Waals surface area contributed by atoms with Crippen molar-refractivity contribution in [2.45, 2.75) is 20.3 Å². The highest BCUT2D eigenvalue weighted by atomic mass is 16.6. The van der Waals surface area contributed by atoms with Crippen LogP contribution in [-0.4, -0.2) is 18.2 Å². The summed E-state index contributed by atoms with van der Waals surface area (Å²) in [4.78, 5) is 4.30. The van der Waals surface area contributed by atoms with E-state index in [1.807, 2.05) is 49.5 Å². The first kappa shape index (κ1) is 17.0. The Bertz CT molecular complexity index is 798. The van der Waals surface area contributed by atoms with Crippen molar-refractivity contribution in [2.24, 2.45) is 0 Å². The molecule has 0 bridgehead atoms. The largest absolute Gasteiger partial charge is 0.486 e. The van der Waals surface area contributed by atoms with E-state index in [1.165, 1.54) is 16.7 Å². The van der Waals surface area contributed by atoms with E-state index in [0.29, 0.717) is 13.2 Å². The molecule has 3 aromatic rings. The van der Waals surface area contributed by atoms with Gasteiger partial charge >= 0.3 is 0 Å². The van der Waals surface area contributed by atoms with Crippen LogP contribution in [0.25, 0.3) is 11.3 Å². The second-order valence-corrected chi connectivity index (χ2v) is 5.91. The first-order valence-corrected chi connectivity index (χ1v) is 8.63. The Kier molecular flexibility index (Phi) is 5.68. The number of aryl methyl sites for hydroxylation is 2. The van der Waals surface area contributed by atoms with Gasteiger partial charge in [-0.2, -0.15) is 0 Å². The van der Waals surface area contributed by atoms with Crippen LogP contribution < -0.4 is 9.47 Å². The average Bonchev–Trinajstić information content (AvgIpc) is 2.69. The number of hydrogen-bond acceptors (Lipinski definition) is 3. The minimum Gasteiger partial charge on any atom is -0.486 e. The fraction of sp³-hybridized carbons (Fsp3) is 0.227. The van der Waals surface area contributed by atoms with Crippen molar-refractivity contribution < 1.29 is 9.47 Å². The summed E-state index contributed by atoms with van der Waals surface area (Å²) in [6.07, 6.45) is 2.91. The molecule has 0 N–H and O–H groups in total. The zero-order valence-corrected chi connectivity index (χ0v) is 14.7. The molecule has 0 fully saturated rings. The Morgan fingerprint density at radius 1 is 0.880 bits per heavy atom. The highest BCUT2D eigenvalue weighted by Crippen LogP contribution is 2.30. The summed E-state index contributed by atoms with van der Waals surface area (Å²) in [7, 11) is 0. The van der Waals surface area contributed by atoms with E-state index in [1.54, 1.807) is 0 Å². The molecule has 2 heterocycles. The van der Waals surface area contributed by atoms with Crippen molar-refractivity contribution in [3.05, 3.63) is 78.0 Å². The molecule has 1 aromatic heterocycles. The molecule has 1 aliphatic heterocycles. The van der Waals surface area contributed by atoms with Gasteiger partial charge in [0.25, 0.3) is 0 Å². The van der Waals surface area contributed by atoms with E-state index in [4.69, 9.17) is 9.47 Å². The van der Waals surface area contributed by atoms with Crippen molar-refractivity contribution in [2.75, 3.05) is 13.2 Å². The minimum atomic E-state index is 0.663. The van der Waals surface area contributed by atoms with E-state index in [-0.39, 0.29) is 0 Å². The quantitative estimate of drug-likeness (QED) is 0.655. The molecule has 0 radical (unpaired) electrons. The average molecular weight is 333 g/mol. The zero-order chi connectivity index (χ0) is 17.5. The molecule has 128 valence electrons. The van der Waals surface area contributed by atoms with Crippen molar-refractivity contribution in [3.63, 3.8) is 0 Å². The maximum absolute atomic E-state index is 5.38. The molecule has 4 rings (SSSR count). The monoisotopic (exact) mass is 333 g/mol. The first-order valence-electron chi connectivity index (χ1n) is 8.63. The lowest BCUT2D eigenvalue weighted by Crippen LogP contribution is -2.15. The molecule has 3 nitrogen and oxygen atoms in total. The van der Waals surface area contributed by atoms with E-state index >= 15 is 0 Å². The van der Waals surface area contributed by atoms with Crippen LogP contribution >= 0.6 is 0 Å². The van der Waals surface area contributed by atoms with Gasteiger partial charge in [0.15, 0.2) is 11.5 Å². The minimum absolute atomic E-state index is 0.663. The van der Waals surface area contributed by atoms with Gasteiger partial charge in [0.05, 0.1) is 5.69 Å². The molecule has 0 saturated heterocycles. The summed E-state index contributed by atoms with van der Waals surface area (Å²) in [6, 6.07) is 20.5. The second kappa shape index (κ2) is 8.34. The van der Waals surface area contributed by atoms with Crippen LogP contribution in [0.3, 0.4) is 0 Å². The highest BCUT2D eigenvalue weighted by molar-refractivity contribution is 5.58. The molecule has 0 unspecified atom stereocenters. The Hall–Kier alpha value is -2.81. The third-order valence-corrected chi connectivity index (χ3v) is 4.02. The van der Waals surface area contributed by atoms with Crippen LogP contribution in [0.2, 0.25) is 0 Å². The second-order valence-electron chi connectivity index (χ2n) is 5.91. The number of rotatable bonds is 2. The molecule has 0 aliphatic carbocycles. The smallest absolute Gasteiger partial charge is 0.161 e. The first-order chi connectivity index (χ1) is 12.3. The van der Waals surface area contributed by atoms with Crippen LogP contribution in [0.5, 0.6) is 11.5 Å². The van der Waals surface area contributed by atoms with Crippen LogP contribution in [-0.2, 0) is 6.42 Å². The predicted molar refractivity (Wildman–Crippen MR) is 101 cm³/mol. The van der Waals surface area contributed by atoms with Crippen molar-refractivity contribution in [3.8, 4) is 22.8 Å². The standard InChI is InChI=1S/C13H13N.C9H10O2/c1-2-11-6-8-12(9-7-11)13-5-3-4-10-14-13;1-7-2-3-8-9(6-7)11-5-4-10-8/h3-10H,2H2,1H3;2-3,6H,4-5H2,1H3. The number of hydrogen-bond donors (Lipinski definition) is 0. The fourth-order valence-corrected chi connectivity index (χ4v) is 2.60. The maximum atomic E-state index is 5.38. The SMILES string of the molecule is CCc1ccc(-c2ccccn2)cc1.Cc1ccc2c(c1)OCCO2. The Labute approximate surface area is 149 Å². The van der Waals surface area contributed by atoms with Crippen LogP contribution in [0.15, 0.2) is 66.9 Å². The third kappa shape index (κ3) is 4.60. The number of pyridine rings is 1. The van der Waals surface area contributed by atoms with Crippen LogP contribution in [0.4, 0.5) is 0 Å². The Morgan fingerprint density at radius 2 is 1.64 bits per heavy atom. The molecule has 0 atom stereocenters. The lowest BCUT2D eigenvalue weighted by Gasteiger charge is -2.18. The molecule has 25 heavy (non-hydrogen) atoms. The number of nitrogens with zero attached hydrogens (tertiary/aromatic N) is 1. The van der Waals surface area contributed by atoms with E-state index in [9.17, 15) is 0 Å². The number of aromatic nitrogens is 1. The zero-order valence-electron chi connectivity index (χ0n) is 14.7. The molecule has 1 aliphatic rings. The molecular formula is C22H23NO2. The van der Waals surface area contributed by atoms with Crippen molar-refractivity contribution in [1.82, 2.24) is 4.98 Å². The van der Waals surface area contributed by atoms with Crippen LogP contribution in [0.1, 0.15) is 18.1 Å². The molecular weight excluding hydrogens is 310 g/mol. The van der Waals surface area contributed by atoms with Gasteiger partial charge in [-0.25, -0.2) is 0 Å². The normalized spacial score (nSPS) is 12.1. The molecule has 2 aromatic carbocycles. The van der Waals surface area contributed by atoms with Gasteiger partial charge in [0.2, 0.25) is 0 Å². The van der Waals surface area contributed by atoms with Gasteiger partial charge in [-0.15, -0.1) is 0 Å². The van der Waals surface area contributed by atoms with Crippen molar-refractivity contribution in [1.29, 1.82) is 0 Å². The summed E-state index contributed by atoms with van der Waals surface area (Å²) in [5, 5.41) is 0. The summed E-state index contributed by atoms with van der Waals surface area (Å²) in [5.41, 5.74) is 4.79. The Balaban J connectivity index is 0.000000150. The summed E-state index contributed by atoms with van der Waals surface area (Å²) in [6.45, 7) is 5.53. The summed E-state index contributed by atoms with van der Waals surface area (Å²) in [5.74, 6) is 1.73.